The number of nitrogen functional groups attached to an aromatic ring is 1. The first-order chi connectivity index (χ1) is 8.27. The van der Waals surface area contributed by atoms with Gasteiger partial charge in [0, 0.05) is 19.3 Å². The quantitative estimate of drug-likeness (QED) is 0.637. The zero-order chi connectivity index (χ0) is 11.8. The van der Waals surface area contributed by atoms with E-state index in [4.69, 9.17) is 10.5 Å². The number of aromatic nitrogens is 1. The number of pyridine rings is 1. The van der Waals surface area contributed by atoms with Crippen LogP contribution in [0, 0.1) is 0 Å². The smallest absolute Gasteiger partial charge is 0.326 e. The van der Waals surface area contributed by atoms with Gasteiger partial charge in [-0.05, 0) is 11.6 Å². The van der Waals surface area contributed by atoms with Crippen LogP contribution in [0.25, 0.3) is 0 Å². The van der Waals surface area contributed by atoms with Crippen LogP contribution in [0.15, 0.2) is 18.5 Å². The Morgan fingerprint density at radius 1 is 1.47 bits per heavy atom. The molecule has 6 nitrogen and oxygen atoms in total. The molecule has 1 aromatic heterocycles. The molecule has 2 unspecified atom stereocenters. The van der Waals surface area contributed by atoms with Gasteiger partial charge in [-0.1, -0.05) is 0 Å². The molecule has 0 bridgehead atoms. The van der Waals surface area contributed by atoms with E-state index in [2.05, 4.69) is 10.3 Å². The van der Waals surface area contributed by atoms with Gasteiger partial charge in [0.25, 0.3) is 0 Å². The SMILES string of the molecule is Nc1cnccc1C1CNCC2C(=O)OCN21. The summed E-state index contributed by atoms with van der Waals surface area (Å²) >= 11 is 0. The number of nitrogens with two attached hydrogens (primary N) is 1. The summed E-state index contributed by atoms with van der Waals surface area (Å²) in [6.07, 6.45) is 3.35. The summed E-state index contributed by atoms with van der Waals surface area (Å²) < 4.78 is 5.08. The van der Waals surface area contributed by atoms with Gasteiger partial charge in [-0.3, -0.25) is 9.78 Å². The van der Waals surface area contributed by atoms with Gasteiger partial charge >= 0.3 is 5.97 Å². The number of carbonyl (C=O) groups excluding carboxylic acids is 1. The Labute approximate surface area is 98.8 Å². The fourth-order valence-corrected chi connectivity index (χ4v) is 2.45. The molecule has 90 valence electrons. The maximum absolute atomic E-state index is 11.5. The van der Waals surface area contributed by atoms with Gasteiger partial charge in [-0.2, -0.15) is 0 Å². The molecule has 2 aliphatic heterocycles. The second kappa shape index (κ2) is 3.97. The molecule has 3 rings (SSSR count). The largest absolute Gasteiger partial charge is 0.448 e. The minimum atomic E-state index is -0.193. The third kappa shape index (κ3) is 1.65. The van der Waals surface area contributed by atoms with E-state index in [0.29, 0.717) is 19.0 Å². The third-order valence-corrected chi connectivity index (χ3v) is 3.35. The van der Waals surface area contributed by atoms with Gasteiger partial charge in [-0.15, -0.1) is 0 Å². The second-order valence-electron chi connectivity index (χ2n) is 4.30. The Balaban J connectivity index is 1.93. The molecule has 6 heteroatoms. The van der Waals surface area contributed by atoms with Crippen molar-refractivity contribution < 1.29 is 9.53 Å². The molecule has 2 fully saturated rings. The number of hydrogen-bond acceptors (Lipinski definition) is 6. The predicted octanol–water partition coefficient (Wildman–Crippen LogP) is -0.507. The molecular formula is C11H14N4O2. The van der Waals surface area contributed by atoms with Gasteiger partial charge in [0.05, 0.1) is 17.9 Å². The highest BCUT2D eigenvalue weighted by Crippen LogP contribution is 2.31. The van der Waals surface area contributed by atoms with Crippen molar-refractivity contribution in [2.75, 3.05) is 25.6 Å². The van der Waals surface area contributed by atoms with Crippen LogP contribution in [0.4, 0.5) is 5.69 Å². The molecule has 3 heterocycles. The first-order valence-corrected chi connectivity index (χ1v) is 5.60. The minimum absolute atomic E-state index is 0.0724. The van der Waals surface area contributed by atoms with E-state index in [1.165, 1.54) is 0 Å². The topological polar surface area (TPSA) is 80.5 Å². The third-order valence-electron chi connectivity index (χ3n) is 3.35. The molecule has 0 saturated carbocycles. The normalized spacial score (nSPS) is 28.8. The summed E-state index contributed by atoms with van der Waals surface area (Å²) in [5.41, 5.74) is 7.57. The first-order valence-electron chi connectivity index (χ1n) is 5.60. The molecule has 1 aromatic rings. The van der Waals surface area contributed by atoms with E-state index >= 15 is 0 Å². The lowest BCUT2D eigenvalue weighted by atomic mass is 10.0. The summed E-state index contributed by atoms with van der Waals surface area (Å²) in [7, 11) is 0. The van der Waals surface area contributed by atoms with E-state index in [1.54, 1.807) is 12.4 Å². The van der Waals surface area contributed by atoms with Crippen molar-refractivity contribution in [2.45, 2.75) is 12.1 Å². The number of piperazine rings is 1. The van der Waals surface area contributed by atoms with E-state index in [1.807, 2.05) is 11.0 Å². The van der Waals surface area contributed by atoms with Crippen molar-refractivity contribution in [2.24, 2.45) is 0 Å². The average Bonchev–Trinajstić information content (AvgIpc) is 2.72. The van der Waals surface area contributed by atoms with E-state index in [9.17, 15) is 4.79 Å². The molecule has 3 N–H and O–H groups in total. The molecule has 0 spiro atoms. The van der Waals surface area contributed by atoms with E-state index < -0.39 is 0 Å². The summed E-state index contributed by atoms with van der Waals surface area (Å²) in [5, 5.41) is 3.24. The number of carbonyl (C=O) groups is 1. The lowest BCUT2D eigenvalue weighted by Crippen LogP contribution is -2.51. The Morgan fingerprint density at radius 2 is 2.29 bits per heavy atom. The fraction of sp³-hybridized carbons (Fsp3) is 0.455. The number of ether oxygens (including phenoxy) is 1. The Morgan fingerprint density at radius 3 is 3.12 bits per heavy atom. The van der Waals surface area contributed by atoms with Crippen molar-refractivity contribution >= 4 is 11.7 Å². The Hall–Kier alpha value is -1.66. The Bertz CT molecular complexity index is 451. The summed E-state index contributed by atoms with van der Waals surface area (Å²) in [4.78, 5) is 17.5. The zero-order valence-corrected chi connectivity index (χ0v) is 9.30. The number of esters is 1. The number of rotatable bonds is 1. The van der Waals surface area contributed by atoms with Gasteiger partial charge in [0.15, 0.2) is 0 Å². The fourth-order valence-electron chi connectivity index (χ4n) is 2.45. The average molecular weight is 234 g/mol. The molecule has 0 aromatic carbocycles. The molecule has 0 amide bonds. The van der Waals surface area contributed by atoms with Crippen molar-refractivity contribution in [1.82, 2.24) is 15.2 Å². The van der Waals surface area contributed by atoms with Crippen LogP contribution >= 0.6 is 0 Å². The minimum Gasteiger partial charge on any atom is -0.448 e. The number of nitrogens with zero attached hydrogens (tertiary/aromatic N) is 2. The summed E-state index contributed by atoms with van der Waals surface area (Å²) in [6, 6.07) is 1.77. The van der Waals surface area contributed by atoms with E-state index in [0.717, 1.165) is 12.1 Å². The highest BCUT2D eigenvalue weighted by molar-refractivity contribution is 5.78. The van der Waals surface area contributed by atoms with Crippen LogP contribution in [0.3, 0.4) is 0 Å². The molecule has 0 radical (unpaired) electrons. The van der Waals surface area contributed by atoms with Crippen LogP contribution in [0.1, 0.15) is 11.6 Å². The lowest BCUT2D eigenvalue weighted by Gasteiger charge is -2.35. The molecule has 2 saturated heterocycles. The van der Waals surface area contributed by atoms with Crippen LogP contribution in [0.2, 0.25) is 0 Å². The molecular weight excluding hydrogens is 220 g/mol. The number of fused-ring (bicyclic) bond motifs is 1. The monoisotopic (exact) mass is 234 g/mol. The second-order valence-corrected chi connectivity index (χ2v) is 4.30. The van der Waals surface area contributed by atoms with Gasteiger partial charge in [0.1, 0.15) is 12.8 Å². The molecule has 2 aliphatic rings. The first kappa shape index (κ1) is 10.5. The van der Waals surface area contributed by atoms with Crippen LogP contribution in [-0.2, 0) is 9.53 Å². The van der Waals surface area contributed by atoms with Crippen molar-refractivity contribution in [3.8, 4) is 0 Å². The molecule has 2 atom stereocenters. The summed E-state index contributed by atoms with van der Waals surface area (Å²) in [5.74, 6) is -0.158. The van der Waals surface area contributed by atoms with Gasteiger partial charge in [0.2, 0.25) is 0 Å². The number of nitrogens with one attached hydrogen (secondary N) is 1. The van der Waals surface area contributed by atoms with Crippen molar-refractivity contribution in [3.05, 3.63) is 24.0 Å². The van der Waals surface area contributed by atoms with Crippen LogP contribution in [-0.4, -0.2) is 41.7 Å². The standard InChI is InChI=1S/C11H14N4O2/c12-8-3-13-2-1-7(8)9-4-14-5-10-11(16)17-6-15(9)10/h1-3,9-10,14H,4-6,12H2. The van der Waals surface area contributed by atoms with E-state index in [-0.39, 0.29) is 18.1 Å². The van der Waals surface area contributed by atoms with Crippen molar-refractivity contribution in [1.29, 1.82) is 0 Å². The Kier molecular flexibility index (Phi) is 2.45. The molecule has 0 aliphatic carbocycles. The zero-order valence-electron chi connectivity index (χ0n) is 9.30. The molecule has 17 heavy (non-hydrogen) atoms. The maximum Gasteiger partial charge on any atom is 0.326 e. The predicted molar refractivity (Wildman–Crippen MR) is 60.8 cm³/mol. The van der Waals surface area contributed by atoms with Crippen LogP contribution < -0.4 is 11.1 Å². The highest BCUT2D eigenvalue weighted by atomic mass is 16.6. The summed E-state index contributed by atoms with van der Waals surface area (Å²) in [6.45, 7) is 1.75. The lowest BCUT2D eigenvalue weighted by molar-refractivity contribution is -0.139. The van der Waals surface area contributed by atoms with Gasteiger partial charge < -0.3 is 15.8 Å². The maximum atomic E-state index is 11.5. The van der Waals surface area contributed by atoms with Crippen LogP contribution in [0.5, 0.6) is 0 Å². The number of anilines is 1. The number of cyclic esters (lactones) is 1. The van der Waals surface area contributed by atoms with Crippen molar-refractivity contribution in [3.63, 3.8) is 0 Å². The number of hydrogen-bond donors (Lipinski definition) is 2. The highest BCUT2D eigenvalue weighted by Gasteiger charge is 2.42. The van der Waals surface area contributed by atoms with Gasteiger partial charge in [-0.25, -0.2) is 4.90 Å².